The average Bonchev–Trinajstić information content (AvgIpc) is 2.83. The van der Waals surface area contributed by atoms with E-state index in [0.29, 0.717) is 18.6 Å². The van der Waals surface area contributed by atoms with E-state index in [1.54, 1.807) is 18.2 Å². The van der Waals surface area contributed by atoms with Crippen molar-refractivity contribution in [3.8, 4) is 23.0 Å². The van der Waals surface area contributed by atoms with Crippen LogP contribution in [0.3, 0.4) is 0 Å². The van der Waals surface area contributed by atoms with Gasteiger partial charge in [-0.3, -0.25) is 4.79 Å². The van der Waals surface area contributed by atoms with E-state index in [1.165, 1.54) is 24.8 Å². The Kier molecular flexibility index (Phi) is 8.93. The van der Waals surface area contributed by atoms with E-state index in [-0.39, 0.29) is 41.8 Å². The fourth-order valence-corrected chi connectivity index (χ4v) is 4.10. The molecule has 4 N–H and O–H groups in total. The van der Waals surface area contributed by atoms with Gasteiger partial charge >= 0.3 is 0 Å². The lowest BCUT2D eigenvalue weighted by Gasteiger charge is -2.19. The lowest BCUT2D eigenvalue weighted by atomic mass is 9.86. The van der Waals surface area contributed by atoms with Gasteiger partial charge in [0.25, 0.3) is 0 Å². The third-order valence-corrected chi connectivity index (χ3v) is 6.04. The molecule has 0 saturated carbocycles. The maximum absolute atomic E-state index is 12.9. The minimum Gasteiger partial charge on any atom is -0.504 e. The molecule has 0 aromatic heterocycles. The summed E-state index contributed by atoms with van der Waals surface area (Å²) in [7, 11) is 1.49. The van der Waals surface area contributed by atoms with Gasteiger partial charge in [-0.15, -0.1) is 0 Å². The van der Waals surface area contributed by atoms with E-state index < -0.39 is 6.10 Å². The normalized spacial score (nSPS) is 12.8. The predicted octanol–water partition coefficient (Wildman–Crippen LogP) is 4.87. The minimum absolute atomic E-state index is 0.0360. The second-order valence-electron chi connectivity index (χ2n) is 8.61. The number of ketones is 1. The third kappa shape index (κ3) is 7.25. The first kappa shape index (κ1) is 25.1. The van der Waals surface area contributed by atoms with Crippen LogP contribution in [0.25, 0.3) is 0 Å². The second-order valence-corrected chi connectivity index (χ2v) is 8.61. The Hall–Kier alpha value is -3.51. The van der Waals surface area contributed by atoms with Crippen LogP contribution >= 0.6 is 0 Å². The lowest BCUT2D eigenvalue weighted by Crippen LogP contribution is -2.17. The van der Waals surface area contributed by atoms with Gasteiger partial charge in [0.2, 0.25) is 0 Å². The van der Waals surface area contributed by atoms with Crippen molar-refractivity contribution in [2.75, 3.05) is 7.11 Å². The van der Waals surface area contributed by atoms with E-state index in [2.05, 4.69) is 12.1 Å². The Morgan fingerprint density at radius 1 is 0.794 bits per heavy atom. The SMILES string of the molecule is COc1cc([C@H](CCc2ccccc2)CC(=O)C[C@H](O)CCc2ccc(O)c(O)c2)ccc1O. The molecule has 6 heteroatoms. The Morgan fingerprint density at radius 2 is 1.50 bits per heavy atom. The molecule has 0 unspecified atom stereocenters. The average molecular weight is 465 g/mol. The van der Waals surface area contributed by atoms with E-state index in [9.17, 15) is 25.2 Å². The molecule has 0 saturated heterocycles. The summed E-state index contributed by atoms with van der Waals surface area (Å²) in [6.07, 6.45) is 1.92. The van der Waals surface area contributed by atoms with Gasteiger partial charge in [0.15, 0.2) is 23.0 Å². The van der Waals surface area contributed by atoms with Gasteiger partial charge in [0.1, 0.15) is 5.78 Å². The summed E-state index contributed by atoms with van der Waals surface area (Å²) in [6.45, 7) is 0. The first-order valence-electron chi connectivity index (χ1n) is 11.5. The van der Waals surface area contributed by atoms with E-state index in [4.69, 9.17) is 4.74 Å². The quantitative estimate of drug-likeness (QED) is 0.285. The van der Waals surface area contributed by atoms with Crippen LogP contribution in [-0.4, -0.2) is 39.4 Å². The van der Waals surface area contributed by atoms with Gasteiger partial charge in [-0.1, -0.05) is 42.5 Å². The molecule has 0 aliphatic carbocycles. The molecule has 3 aromatic rings. The number of Topliss-reactive ketones (excluding diaryl/α,β-unsaturated/α-hetero) is 1. The predicted molar refractivity (Wildman–Crippen MR) is 131 cm³/mol. The number of methoxy groups -OCH3 is 1. The van der Waals surface area contributed by atoms with Crippen LogP contribution in [0.4, 0.5) is 0 Å². The molecule has 6 nitrogen and oxygen atoms in total. The number of aryl methyl sites for hydroxylation is 2. The molecular weight excluding hydrogens is 432 g/mol. The van der Waals surface area contributed by atoms with Crippen molar-refractivity contribution < 1.29 is 30.0 Å². The molecule has 0 fully saturated rings. The van der Waals surface area contributed by atoms with Crippen LogP contribution in [0.1, 0.15) is 48.3 Å². The Labute approximate surface area is 200 Å². The highest BCUT2D eigenvalue weighted by molar-refractivity contribution is 5.79. The molecular formula is C28H32O6. The summed E-state index contributed by atoms with van der Waals surface area (Å²) < 4.78 is 5.25. The van der Waals surface area contributed by atoms with Crippen LogP contribution in [0.5, 0.6) is 23.0 Å². The number of ether oxygens (including phenoxy) is 1. The van der Waals surface area contributed by atoms with Crippen molar-refractivity contribution in [3.63, 3.8) is 0 Å². The zero-order valence-electron chi connectivity index (χ0n) is 19.4. The van der Waals surface area contributed by atoms with Gasteiger partial charge in [-0.25, -0.2) is 0 Å². The van der Waals surface area contributed by atoms with Crippen LogP contribution in [0.2, 0.25) is 0 Å². The topological polar surface area (TPSA) is 107 Å². The number of benzene rings is 3. The van der Waals surface area contributed by atoms with Crippen molar-refractivity contribution >= 4 is 5.78 Å². The van der Waals surface area contributed by atoms with Crippen molar-refractivity contribution in [2.45, 2.75) is 50.5 Å². The lowest BCUT2D eigenvalue weighted by molar-refractivity contribution is -0.121. The highest BCUT2D eigenvalue weighted by Gasteiger charge is 2.20. The van der Waals surface area contributed by atoms with Crippen molar-refractivity contribution in [3.05, 3.63) is 83.4 Å². The highest BCUT2D eigenvalue weighted by atomic mass is 16.5. The number of phenols is 3. The molecule has 0 amide bonds. The maximum Gasteiger partial charge on any atom is 0.160 e. The van der Waals surface area contributed by atoms with E-state index in [0.717, 1.165) is 24.0 Å². The van der Waals surface area contributed by atoms with Gasteiger partial charge in [-0.05, 0) is 72.6 Å². The zero-order valence-corrected chi connectivity index (χ0v) is 19.4. The summed E-state index contributed by atoms with van der Waals surface area (Å²) in [5, 5.41) is 39.4. The largest absolute Gasteiger partial charge is 0.504 e. The fourth-order valence-electron chi connectivity index (χ4n) is 4.10. The highest BCUT2D eigenvalue weighted by Crippen LogP contribution is 2.34. The first-order valence-corrected chi connectivity index (χ1v) is 11.5. The van der Waals surface area contributed by atoms with Crippen LogP contribution in [0.15, 0.2) is 66.7 Å². The van der Waals surface area contributed by atoms with Gasteiger partial charge in [0.05, 0.1) is 13.2 Å². The van der Waals surface area contributed by atoms with Crippen molar-refractivity contribution in [1.82, 2.24) is 0 Å². The molecule has 0 aliphatic heterocycles. The molecule has 3 rings (SSSR count). The monoisotopic (exact) mass is 464 g/mol. The summed E-state index contributed by atoms with van der Waals surface area (Å²) in [5.41, 5.74) is 2.87. The van der Waals surface area contributed by atoms with E-state index >= 15 is 0 Å². The molecule has 0 radical (unpaired) electrons. The van der Waals surface area contributed by atoms with Gasteiger partial charge < -0.3 is 25.2 Å². The Morgan fingerprint density at radius 3 is 2.21 bits per heavy atom. The van der Waals surface area contributed by atoms with Crippen LogP contribution in [0, 0.1) is 0 Å². The molecule has 2 atom stereocenters. The standard InChI is InChI=1S/C28H32O6/c1-34-28-17-22(11-14-26(28)32)21(10-7-19-5-3-2-4-6-19)16-24(30)18-23(29)12-8-20-9-13-25(31)27(33)15-20/h2-6,9,11,13-15,17,21,23,29,31-33H,7-8,10,12,16,18H2,1H3/t21-,23-/m1/s1. The Balaban J connectivity index is 1.63. The molecule has 0 heterocycles. The number of aliphatic hydroxyl groups excluding tert-OH is 1. The number of hydrogen-bond donors (Lipinski definition) is 4. The smallest absolute Gasteiger partial charge is 0.160 e. The summed E-state index contributed by atoms with van der Waals surface area (Å²) in [6, 6.07) is 19.8. The molecule has 180 valence electrons. The summed E-state index contributed by atoms with van der Waals surface area (Å²) in [4.78, 5) is 12.9. The third-order valence-electron chi connectivity index (χ3n) is 6.04. The number of carbonyl (C=O) groups is 1. The van der Waals surface area contributed by atoms with Crippen molar-refractivity contribution in [2.24, 2.45) is 0 Å². The summed E-state index contributed by atoms with van der Waals surface area (Å²) in [5.74, 6) is -0.0861. The van der Waals surface area contributed by atoms with Crippen LogP contribution < -0.4 is 4.74 Å². The fraction of sp³-hybridized carbons (Fsp3) is 0.321. The number of aliphatic hydroxyl groups is 1. The van der Waals surface area contributed by atoms with Crippen molar-refractivity contribution in [1.29, 1.82) is 0 Å². The number of phenolic OH excluding ortho intramolecular Hbond substituents is 3. The number of rotatable bonds is 12. The second kappa shape index (κ2) is 12.1. The van der Waals surface area contributed by atoms with Gasteiger partial charge in [0, 0.05) is 12.8 Å². The number of carbonyl (C=O) groups excluding carboxylic acids is 1. The molecule has 3 aromatic carbocycles. The maximum atomic E-state index is 12.9. The van der Waals surface area contributed by atoms with Gasteiger partial charge in [-0.2, -0.15) is 0 Å². The van der Waals surface area contributed by atoms with Crippen LogP contribution in [-0.2, 0) is 17.6 Å². The molecule has 34 heavy (non-hydrogen) atoms. The molecule has 0 aliphatic rings. The summed E-state index contributed by atoms with van der Waals surface area (Å²) >= 11 is 0. The number of aromatic hydroxyl groups is 3. The minimum atomic E-state index is -0.799. The first-order chi connectivity index (χ1) is 16.4. The molecule has 0 bridgehead atoms. The zero-order chi connectivity index (χ0) is 24.5. The Bertz CT molecular complexity index is 1080. The van der Waals surface area contributed by atoms with E-state index in [1.807, 2.05) is 24.3 Å². The molecule has 0 spiro atoms. The number of hydrogen-bond acceptors (Lipinski definition) is 6.